The van der Waals surface area contributed by atoms with Crippen molar-refractivity contribution in [3.05, 3.63) is 83.4 Å². The van der Waals surface area contributed by atoms with E-state index in [1.807, 2.05) is 63.2 Å². The molecule has 0 spiro atoms. The maximum absolute atomic E-state index is 11.8. The zero-order valence-corrected chi connectivity index (χ0v) is 19.3. The molecular formula is C27H32N2O3. The number of carbonyl (C=O) groups is 1. The monoisotopic (exact) mass is 432 g/mol. The average molecular weight is 433 g/mol. The van der Waals surface area contributed by atoms with Gasteiger partial charge in [0.2, 0.25) is 5.91 Å². The van der Waals surface area contributed by atoms with Crippen LogP contribution in [0.2, 0.25) is 0 Å². The van der Waals surface area contributed by atoms with Gasteiger partial charge in [-0.3, -0.25) is 4.79 Å². The van der Waals surface area contributed by atoms with Crippen LogP contribution in [0.4, 0.5) is 11.4 Å². The summed E-state index contributed by atoms with van der Waals surface area (Å²) in [5.74, 6) is 1.45. The number of nitrogens with one attached hydrogen (secondary N) is 2. The van der Waals surface area contributed by atoms with Gasteiger partial charge in [-0.1, -0.05) is 49.7 Å². The molecule has 0 saturated heterocycles. The van der Waals surface area contributed by atoms with Crippen LogP contribution in [0.15, 0.2) is 66.7 Å². The van der Waals surface area contributed by atoms with Crippen LogP contribution in [-0.4, -0.2) is 12.5 Å². The Bertz CT molecular complexity index is 1010. The Morgan fingerprint density at radius 2 is 1.50 bits per heavy atom. The fourth-order valence-electron chi connectivity index (χ4n) is 3.06. The van der Waals surface area contributed by atoms with Crippen LogP contribution in [0.5, 0.6) is 11.5 Å². The number of carbonyl (C=O) groups excluding carboxylic acids is 1. The Kier molecular flexibility index (Phi) is 8.14. The first-order valence-corrected chi connectivity index (χ1v) is 11.0. The largest absolute Gasteiger partial charge is 0.490 e. The summed E-state index contributed by atoms with van der Waals surface area (Å²) < 4.78 is 11.8. The fourth-order valence-corrected chi connectivity index (χ4v) is 3.06. The van der Waals surface area contributed by atoms with Crippen molar-refractivity contribution in [2.45, 2.75) is 40.8 Å². The molecule has 168 valence electrons. The van der Waals surface area contributed by atoms with E-state index in [-0.39, 0.29) is 11.8 Å². The molecule has 0 heterocycles. The number of anilines is 2. The first-order chi connectivity index (χ1) is 15.4. The van der Waals surface area contributed by atoms with Gasteiger partial charge in [0, 0.05) is 23.8 Å². The molecule has 0 aromatic heterocycles. The van der Waals surface area contributed by atoms with E-state index >= 15 is 0 Å². The summed E-state index contributed by atoms with van der Waals surface area (Å²) in [4.78, 5) is 11.8. The third-order valence-electron chi connectivity index (χ3n) is 5.00. The normalized spacial score (nSPS) is 10.7. The first kappa shape index (κ1) is 23.2. The number of ether oxygens (including phenoxy) is 2. The van der Waals surface area contributed by atoms with Gasteiger partial charge < -0.3 is 20.1 Å². The van der Waals surface area contributed by atoms with Crippen LogP contribution in [0.25, 0.3) is 0 Å². The Morgan fingerprint density at radius 3 is 2.16 bits per heavy atom. The molecule has 3 aromatic carbocycles. The molecule has 0 aliphatic heterocycles. The second-order valence-electron chi connectivity index (χ2n) is 8.06. The third kappa shape index (κ3) is 6.77. The molecule has 3 rings (SSSR count). The van der Waals surface area contributed by atoms with Crippen molar-refractivity contribution in [2.24, 2.45) is 5.92 Å². The zero-order valence-electron chi connectivity index (χ0n) is 19.3. The zero-order chi connectivity index (χ0) is 22.9. The highest BCUT2D eigenvalue weighted by molar-refractivity contribution is 5.92. The quantitative estimate of drug-likeness (QED) is 0.402. The molecule has 2 N–H and O–H groups in total. The van der Waals surface area contributed by atoms with E-state index in [1.54, 1.807) is 0 Å². The maximum Gasteiger partial charge on any atom is 0.226 e. The summed E-state index contributed by atoms with van der Waals surface area (Å²) in [6.45, 7) is 9.51. The van der Waals surface area contributed by atoms with Gasteiger partial charge in [0.1, 0.15) is 6.61 Å². The van der Waals surface area contributed by atoms with Gasteiger partial charge in [0.25, 0.3) is 0 Å². The van der Waals surface area contributed by atoms with Crippen LogP contribution < -0.4 is 20.1 Å². The van der Waals surface area contributed by atoms with Crippen molar-refractivity contribution < 1.29 is 14.3 Å². The SMILES string of the molecule is CCOc1cc(CNc2ccc(NC(=O)C(C)C)cc2)ccc1OCc1ccc(C)cc1. The molecule has 0 unspecified atom stereocenters. The van der Waals surface area contributed by atoms with Crippen LogP contribution in [0.1, 0.15) is 37.5 Å². The molecular weight excluding hydrogens is 400 g/mol. The van der Waals surface area contributed by atoms with Crippen molar-refractivity contribution in [3.8, 4) is 11.5 Å². The summed E-state index contributed by atoms with van der Waals surface area (Å²) in [6, 6.07) is 22.0. The topological polar surface area (TPSA) is 59.6 Å². The summed E-state index contributed by atoms with van der Waals surface area (Å²) in [5.41, 5.74) is 5.22. The molecule has 0 aliphatic rings. The van der Waals surface area contributed by atoms with Crippen LogP contribution in [-0.2, 0) is 17.9 Å². The van der Waals surface area contributed by atoms with E-state index in [4.69, 9.17) is 9.47 Å². The molecule has 3 aromatic rings. The number of benzene rings is 3. The number of aryl methyl sites for hydroxylation is 1. The molecule has 5 heteroatoms. The lowest BCUT2D eigenvalue weighted by Crippen LogP contribution is -2.17. The van der Waals surface area contributed by atoms with E-state index in [9.17, 15) is 4.79 Å². The van der Waals surface area contributed by atoms with Crippen molar-refractivity contribution in [1.29, 1.82) is 0 Å². The summed E-state index contributed by atoms with van der Waals surface area (Å²) in [5, 5.41) is 6.31. The Morgan fingerprint density at radius 1 is 0.844 bits per heavy atom. The average Bonchev–Trinajstić information content (AvgIpc) is 2.79. The summed E-state index contributed by atoms with van der Waals surface area (Å²) in [7, 11) is 0. The van der Waals surface area contributed by atoms with Crippen LogP contribution in [0, 0.1) is 12.8 Å². The van der Waals surface area contributed by atoms with Crippen molar-refractivity contribution in [1.82, 2.24) is 0 Å². The number of amides is 1. The molecule has 0 atom stereocenters. The summed E-state index contributed by atoms with van der Waals surface area (Å²) >= 11 is 0. The molecule has 0 aliphatic carbocycles. The molecule has 1 amide bonds. The smallest absolute Gasteiger partial charge is 0.226 e. The van der Waals surface area contributed by atoms with E-state index < -0.39 is 0 Å². The molecule has 32 heavy (non-hydrogen) atoms. The van der Waals surface area contributed by atoms with Crippen LogP contribution >= 0.6 is 0 Å². The Balaban J connectivity index is 1.60. The highest BCUT2D eigenvalue weighted by Crippen LogP contribution is 2.30. The van der Waals surface area contributed by atoms with Gasteiger partial charge in [0.15, 0.2) is 11.5 Å². The number of hydrogen-bond donors (Lipinski definition) is 2. The lowest BCUT2D eigenvalue weighted by atomic mass is 10.1. The number of rotatable bonds is 10. The second-order valence-corrected chi connectivity index (χ2v) is 8.06. The predicted octanol–water partition coefficient (Wildman–Crippen LogP) is 6.18. The molecule has 0 fully saturated rings. The van der Waals surface area contributed by atoms with Gasteiger partial charge in [-0.25, -0.2) is 0 Å². The third-order valence-corrected chi connectivity index (χ3v) is 5.00. The lowest BCUT2D eigenvalue weighted by Gasteiger charge is -2.14. The van der Waals surface area contributed by atoms with E-state index in [2.05, 4.69) is 41.8 Å². The predicted molar refractivity (Wildman–Crippen MR) is 130 cm³/mol. The van der Waals surface area contributed by atoms with E-state index in [0.29, 0.717) is 19.8 Å². The van der Waals surface area contributed by atoms with Gasteiger partial charge in [-0.2, -0.15) is 0 Å². The van der Waals surface area contributed by atoms with E-state index in [1.165, 1.54) is 5.56 Å². The molecule has 5 nitrogen and oxygen atoms in total. The van der Waals surface area contributed by atoms with Crippen LogP contribution in [0.3, 0.4) is 0 Å². The summed E-state index contributed by atoms with van der Waals surface area (Å²) in [6.07, 6.45) is 0. The van der Waals surface area contributed by atoms with Crippen molar-refractivity contribution in [3.63, 3.8) is 0 Å². The van der Waals surface area contributed by atoms with Gasteiger partial charge in [0.05, 0.1) is 6.61 Å². The fraction of sp³-hybridized carbons (Fsp3) is 0.296. The molecule has 0 saturated carbocycles. The van der Waals surface area contributed by atoms with Gasteiger partial charge in [-0.15, -0.1) is 0 Å². The highest BCUT2D eigenvalue weighted by Gasteiger charge is 2.09. The minimum Gasteiger partial charge on any atom is -0.490 e. The minimum atomic E-state index is -0.0452. The van der Waals surface area contributed by atoms with Crippen molar-refractivity contribution >= 4 is 17.3 Å². The Hall–Kier alpha value is -3.47. The first-order valence-electron chi connectivity index (χ1n) is 11.0. The van der Waals surface area contributed by atoms with Gasteiger partial charge >= 0.3 is 0 Å². The molecule has 0 bridgehead atoms. The minimum absolute atomic E-state index is 0.0128. The maximum atomic E-state index is 11.8. The molecule has 0 radical (unpaired) electrons. The number of hydrogen-bond acceptors (Lipinski definition) is 4. The van der Waals surface area contributed by atoms with Crippen molar-refractivity contribution in [2.75, 3.05) is 17.2 Å². The van der Waals surface area contributed by atoms with E-state index in [0.717, 1.165) is 34.0 Å². The second kappa shape index (κ2) is 11.2. The lowest BCUT2D eigenvalue weighted by molar-refractivity contribution is -0.118. The van der Waals surface area contributed by atoms with Gasteiger partial charge in [-0.05, 0) is 61.4 Å². The standard InChI is InChI=1S/C27H32N2O3/c1-5-31-26-16-22(10-15-25(26)32-18-21-8-6-20(4)7-9-21)17-28-23-11-13-24(14-12-23)29-27(30)19(2)3/h6-16,19,28H,5,17-18H2,1-4H3,(H,29,30). The Labute approximate surface area is 190 Å². The highest BCUT2D eigenvalue weighted by atomic mass is 16.5.